The Balaban J connectivity index is 1.61. The number of aryl methyl sites for hydroxylation is 2. The Morgan fingerprint density at radius 2 is 1.92 bits per heavy atom. The van der Waals surface area contributed by atoms with E-state index >= 15 is 0 Å². The average molecular weight is 365 g/mol. The summed E-state index contributed by atoms with van der Waals surface area (Å²) in [5, 5.41) is 4.59. The molecular weight excluding hydrogens is 340 g/mol. The van der Waals surface area contributed by atoms with Gasteiger partial charge >= 0.3 is 0 Å². The third-order valence-corrected chi connectivity index (χ3v) is 5.63. The predicted molar refractivity (Wildman–Crippen MR) is 107 cm³/mol. The lowest BCUT2D eigenvalue weighted by molar-refractivity contribution is 0.190. The molecule has 1 aliphatic heterocycles. The van der Waals surface area contributed by atoms with Crippen LogP contribution in [-0.2, 0) is 6.67 Å². The Bertz CT molecular complexity index is 958. The number of likely N-dealkylation sites (tertiary alicyclic amines) is 1. The summed E-state index contributed by atoms with van der Waals surface area (Å²) in [5.74, 6) is 0. The molecule has 4 rings (SSSR count). The molecular formula is C21H24N4S. The van der Waals surface area contributed by atoms with Gasteiger partial charge in [-0.3, -0.25) is 9.47 Å². The molecule has 26 heavy (non-hydrogen) atoms. The van der Waals surface area contributed by atoms with Crippen LogP contribution in [0, 0.1) is 18.6 Å². The van der Waals surface area contributed by atoms with Gasteiger partial charge in [-0.15, -0.1) is 0 Å². The summed E-state index contributed by atoms with van der Waals surface area (Å²) in [6, 6.07) is 17.6. The fourth-order valence-electron chi connectivity index (χ4n) is 3.80. The molecule has 0 spiro atoms. The van der Waals surface area contributed by atoms with Crippen molar-refractivity contribution in [2.75, 3.05) is 6.54 Å². The molecule has 1 saturated heterocycles. The molecule has 0 amide bonds. The second-order valence-corrected chi connectivity index (χ2v) is 7.46. The first-order chi connectivity index (χ1) is 12.6. The molecule has 1 atom stereocenters. The number of hydrogen-bond acceptors (Lipinski definition) is 3. The summed E-state index contributed by atoms with van der Waals surface area (Å²) in [4.78, 5) is 2.48. The zero-order valence-corrected chi connectivity index (χ0v) is 16.1. The first kappa shape index (κ1) is 17.2. The SMILES string of the molecule is Cc1ccc(C)c(-n2cnn(CN3CCC[C@H]3c3ccccc3)c2=S)c1. The summed E-state index contributed by atoms with van der Waals surface area (Å²) < 4.78 is 4.71. The fourth-order valence-corrected chi connectivity index (χ4v) is 4.05. The van der Waals surface area contributed by atoms with Gasteiger partial charge in [-0.1, -0.05) is 42.5 Å². The van der Waals surface area contributed by atoms with Crippen LogP contribution >= 0.6 is 12.2 Å². The topological polar surface area (TPSA) is 26.0 Å². The molecule has 1 fully saturated rings. The van der Waals surface area contributed by atoms with Crippen molar-refractivity contribution in [3.8, 4) is 5.69 Å². The summed E-state index contributed by atoms with van der Waals surface area (Å²) in [6.07, 6.45) is 4.25. The largest absolute Gasteiger partial charge is 0.277 e. The monoisotopic (exact) mass is 364 g/mol. The molecule has 2 aromatic carbocycles. The van der Waals surface area contributed by atoms with Crippen molar-refractivity contribution >= 4 is 12.2 Å². The van der Waals surface area contributed by atoms with Crippen LogP contribution in [0.25, 0.3) is 5.69 Å². The van der Waals surface area contributed by atoms with Crippen LogP contribution in [0.2, 0.25) is 0 Å². The molecule has 4 nitrogen and oxygen atoms in total. The van der Waals surface area contributed by atoms with Crippen LogP contribution in [0.3, 0.4) is 0 Å². The third-order valence-electron chi connectivity index (χ3n) is 5.22. The van der Waals surface area contributed by atoms with Gasteiger partial charge < -0.3 is 0 Å². The molecule has 0 bridgehead atoms. The van der Waals surface area contributed by atoms with Crippen LogP contribution < -0.4 is 0 Å². The van der Waals surface area contributed by atoms with Crippen molar-refractivity contribution in [2.45, 2.75) is 39.4 Å². The highest BCUT2D eigenvalue weighted by Crippen LogP contribution is 2.32. The number of rotatable bonds is 4. The number of aromatic nitrogens is 3. The maximum Gasteiger partial charge on any atom is 0.203 e. The minimum absolute atomic E-state index is 0.448. The number of hydrogen-bond donors (Lipinski definition) is 0. The van der Waals surface area contributed by atoms with Crippen LogP contribution in [-0.4, -0.2) is 25.8 Å². The lowest BCUT2D eigenvalue weighted by atomic mass is 10.1. The van der Waals surface area contributed by atoms with Crippen LogP contribution in [0.5, 0.6) is 0 Å². The molecule has 0 unspecified atom stereocenters. The molecule has 1 aromatic heterocycles. The minimum atomic E-state index is 0.448. The maximum absolute atomic E-state index is 5.74. The maximum atomic E-state index is 5.74. The molecule has 0 N–H and O–H groups in total. The van der Waals surface area contributed by atoms with E-state index in [0.717, 1.165) is 23.7 Å². The molecule has 1 aliphatic rings. The Morgan fingerprint density at radius 3 is 2.73 bits per heavy atom. The molecule has 0 aliphatic carbocycles. The summed E-state index contributed by atoms with van der Waals surface area (Å²) in [7, 11) is 0. The standard InChI is InChI=1S/C21H24N4S/c1-16-10-11-17(2)20(13-16)24-14-22-25(21(24)26)15-23-12-6-9-19(23)18-7-4-3-5-8-18/h3-5,7-8,10-11,13-14,19H,6,9,12,15H2,1-2H3/t19-/m0/s1. The lowest BCUT2D eigenvalue weighted by Gasteiger charge is -2.24. The van der Waals surface area contributed by atoms with Crippen LogP contribution in [0.1, 0.15) is 35.6 Å². The fraction of sp³-hybridized carbons (Fsp3) is 0.333. The van der Waals surface area contributed by atoms with E-state index in [1.54, 1.807) is 0 Å². The highest BCUT2D eigenvalue weighted by atomic mass is 32.1. The highest BCUT2D eigenvalue weighted by molar-refractivity contribution is 7.71. The molecule has 0 radical (unpaired) electrons. The Morgan fingerprint density at radius 1 is 1.12 bits per heavy atom. The van der Waals surface area contributed by atoms with Crippen molar-refractivity contribution in [1.82, 2.24) is 19.2 Å². The first-order valence-electron chi connectivity index (χ1n) is 9.14. The highest BCUT2D eigenvalue weighted by Gasteiger charge is 2.26. The molecule has 0 saturated carbocycles. The second-order valence-electron chi connectivity index (χ2n) is 7.10. The first-order valence-corrected chi connectivity index (χ1v) is 9.55. The molecule has 134 valence electrons. The van der Waals surface area contributed by atoms with Gasteiger partial charge in [-0.25, -0.2) is 4.68 Å². The van der Waals surface area contributed by atoms with Crippen molar-refractivity contribution in [3.05, 3.63) is 76.3 Å². The van der Waals surface area contributed by atoms with E-state index in [1.165, 1.54) is 29.5 Å². The van der Waals surface area contributed by atoms with E-state index in [4.69, 9.17) is 12.2 Å². The van der Waals surface area contributed by atoms with Crippen LogP contribution in [0.4, 0.5) is 0 Å². The average Bonchev–Trinajstić information content (AvgIpc) is 3.26. The Labute approximate surface area is 159 Å². The summed E-state index contributed by atoms with van der Waals surface area (Å²) in [5.41, 5.74) is 4.92. The van der Waals surface area contributed by atoms with Gasteiger partial charge in [0.05, 0.1) is 12.4 Å². The summed E-state index contributed by atoms with van der Waals surface area (Å²) in [6.45, 7) is 6.03. The van der Waals surface area contributed by atoms with E-state index < -0.39 is 0 Å². The number of benzene rings is 2. The molecule has 3 aromatic rings. The quantitative estimate of drug-likeness (QED) is 0.621. The van der Waals surface area contributed by atoms with Crippen LogP contribution in [0.15, 0.2) is 54.9 Å². The third kappa shape index (κ3) is 3.24. The van der Waals surface area contributed by atoms with E-state index in [1.807, 2.05) is 15.6 Å². The van der Waals surface area contributed by atoms with Gasteiger partial charge in [-0.2, -0.15) is 5.10 Å². The van der Waals surface area contributed by atoms with E-state index in [-0.39, 0.29) is 0 Å². The predicted octanol–water partition coefficient (Wildman–Crippen LogP) is 4.81. The zero-order chi connectivity index (χ0) is 18.1. The minimum Gasteiger partial charge on any atom is -0.277 e. The van der Waals surface area contributed by atoms with Gasteiger partial charge in [-0.05, 0) is 61.7 Å². The van der Waals surface area contributed by atoms with Gasteiger partial charge in [0, 0.05) is 12.6 Å². The number of nitrogens with zero attached hydrogens (tertiary/aromatic N) is 4. The second kappa shape index (κ2) is 7.17. The lowest BCUT2D eigenvalue weighted by Crippen LogP contribution is -2.27. The van der Waals surface area contributed by atoms with Crippen molar-refractivity contribution in [3.63, 3.8) is 0 Å². The van der Waals surface area contributed by atoms with Crippen molar-refractivity contribution < 1.29 is 0 Å². The van der Waals surface area contributed by atoms with E-state index in [2.05, 4.69) is 72.4 Å². The van der Waals surface area contributed by atoms with Gasteiger partial charge in [0.25, 0.3) is 0 Å². The Hall–Kier alpha value is -2.24. The molecule has 2 heterocycles. The van der Waals surface area contributed by atoms with Crippen molar-refractivity contribution in [2.24, 2.45) is 0 Å². The Kier molecular flexibility index (Phi) is 4.74. The molecule has 5 heteroatoms. The van der Waals surface area contributed by atoms with E-state index in [0.29, 0.717) is 6.04 Å². The van der Waals surface area contributed by atoms with E-state index in [9.17, 15) is 0 Å². The van der Waals surface area contributed by atoms with Gasteiger partial charge in [0.2, 0.25) is 4.77 Å². The van der Waals surface area contributed by atoms with Gasteiger partial charge in [0.15, 0.2) is 0 Å². The zero-order valence-electron chi connectivity index (χ0n) is 15.3. The smallest absolute Gasteiger partial charge is 0.203 e. The van der Waals surface area contributed by atoms with Crippen molar-refractivity contribution in [1.29, 1.82) is 0 Å². The summed E-state index contributed by atoms with van der Waals surface area (Å²) >= 11 is 5.74. The normalized spacial score (nSPS) is 17.7. The van der Waals surface area contributed by atoms with Gasteiger partial charge in [0.1, 0.15) is 6.33 Å².